The number of amides is 1. The zero-order chi connectivity index (χ0) is 18.7. The highest BCUT2D eigenvalue weighted by molar-refractivity contribution is 5.90. The average molecular weight is 361 g/mol. The maximum Gasteiger partial charge on any atom is 0.224 e. The lowest BCUT2D eigenvalue weighted by Gasteiger charge is -2.09. The van der Waals surface area contributed by atoms with Crippen molar-refractivity contribution in [3.05, 3.63) is 90.5 Å². The number of hydrogen-bond acceptors (Lipinski definition) is 3. The number of aryl methyl sites for hydroxylation is 1. The summed E-state index contributed by atoms with van der Waals surface area (Å²) in [6.07, 6.45) is 1.19. The van der Waals surface area contributed by atoms with Gasteiger partial charge >= 0.3 is 0 Å². The predicted molar refractivity (Wildman–Crippen MR) is 107 cm³/mol. The number of para-hydroxylation sites is 1. The third-order valence-electron chi connectivity index (χ3n) is 3.99. The molecule has 3 aromatic carbocycles. The van der Waals surface area contributed by atoms with Crippen LogP contribution in [-0.4, -0.2) is 19.1 Å². The molecule has 1 N–H and O–H groups in total. The number of benzene rings is 3. The van der Waals surface area contributed by atoms with E-state index in [1.165, 1.54) is 0 Å². The fourth-order valence-corrected chi connectivity index (χ4v) is 2.60. The number of nitrogens with one attached hydrogen (secondary N) is 1. The van der Waals surface area contributed by atoms with Gasteiger partial charge < -0.3 is 14.8 Å². The second-order valence-corrected chi connectivity index (χ2v) is 6.07. The molecule has 4 nitrogen and oxygen atoms in total. The monoisotopic (exact) mass is 361 g/mol. The Labute approximate surface area is 159 Å². The van der Waals surface area contributed by atoms with E-state index in [1.54, 1.807) is 0 Å². The summed E-state index contributed by atoms with van der Waals surface area (Å²) in [6, 6.07) is 27.0. The first-order chi connectivity index (χ1) is 13.3. The van der Waals surface area contributed by atoms with Crippen LogP contribution < -0.4 is 14.8 Å². The molecule has 0 radical (unpaired) electrons. The van der Waals surface area contributed by atoms with Crippen LogP contribution in [0.2, 0.25) is 0 Å². The minimum Gasteiger partial charge on any atom is -0.490 e. The summed E-state index contributed by atoms with van der Waals surface area (Å²) in [5.41, 5.74) is 1.93. The third kappa shape index (κ3) is 6.51. The molecule has 0 saturated carbocycles. The Morgan fingerprint density at radius 1 is 0.704 bits per heavy atom. The van der Waals surface area contributed by atoms with E-state index in [2.05, 4.69) is 5.32 Å². The first-order valence-electron chi connectivity index (χ1n) is 9.04. The van der Waals surface area contributed by atoms with Gasteiger partial charge in [-0.15, -0.1) is 0 Å². The van der Waals surface area contributed by atoms with Crippen LogP contribution in [-0.2, 0) is 11.2 Å². The van der Waals surface area contributed by atoms with Crippen molar-refractivity contribution in [1.29, 1.82) is 0 Å². The number of anilines is 1. The molecule has 3 rings (SSSR count). The lowest BCUT2D eigenvalue weighted by Crippen LogP contribution is -2.12. The van der Waals surface area contributed by atoms with Crippen molar-refractivity contribution in [3.63, 3.8) is 0 Å². The van der Waals surface area contributed by atoms with Crippen LogP contribution in [0.5, 0.6) is 11.5 Å². The average Bonchev–Trinajstić information content (AvgIpc) is 2.72. The Bertz CT molecular complexity index is 817. The van der Waals surface area contributed by atoms with Crippen LogP contribution in [0.1, 0.15) is 12.0 Å². The summed E-state index contributed by atoms with van der Waals surface area (Å²) in [5, 5.41) is 2.91. The predicted octanol–water partition coefficient (Wildman–Crippen LogP) is 4.72. The first kappa shape index (κ1) is 18.5. The fourth-order valence-electron chi connectivity index (χ4n) is 2.60. The Morgan fingerprint density at radius 2 is 1.26 bits per heavy atom. The van der Waals surface area contributed by atoms with Gasteiger partial charge in [0.15, 0.2) is 0 Å². The zero-order valence-electron chi connectivity index (χ0n) is 15.1. The minimum absolute atomic E-state index is 0.00350. The third-order valence-corrected chi connectivity index (χ3v) is 3.99. The lowest BCUT2D eigenvalue weighted by molar-refractivity contribution is -0.116. The van der Waals surface area contributed by atoms with Gasteiger partial charge in [-0.25, -0.2) is 0 Å². The molecule has 0 heterocycles. The molecule has 4 heteroatoms. The summed E-state index contributed by atoms with van der Waals surface area (Å²) in [7, 11) is 0. The first-order valence-corrected chi connectivity index (χ1v) is 9.04. The maximum atomic E-state index is 12.1. The van der Waals surface area contributed by atoms with Crippen LogP contribution in [0.4, 0.5) is 5.69 Å². The van der Waals surface area contributed by atoms with Crippen molar-refractivity contribution in [2.45, 2.75) is 12.8 Å². The molecular weight excluding hydrogens is 338 g/mol. The fraction of sp³-hybridized carbons (Fsp3) is 0.174. The Morgan fingerprint density at radius 3 is 1.89 bits per heavy atom. The highest BCUT2D eigenvalue weighted by atomic mass is 16.5. The van der Waals surface area contributed by atoms with Gasteiger partial charge in [0.25, 0.3) is 0 Å². The van der Waals surface area contributed by atoms with Crippen molar-refractivity contribution in [1.82, 2.24) is 0 Å². The summed E-state index contributed by atoms with van der Waals surface area (Å²) < 4.78 is 11.2. The second-order valence-electron chi connectivity index (χ2n) is 6.07. The second kappa shape index (κ2) is 10.0. The van der Waals surface area contributed by atoms with Crippen LogP contribution in [0.25, 0.3) is 0 Å². The van der Waals surface area contributed by atoms with E-state index in [0.717, 1.165) is 29.2 Å². The van der Waals surface area contributed by atoms with E-state index in [4.69, 9.17) is 9.47 Å². The molecule has 0 bridgehead atoms. The molecule has 3 aromatic rings. The summed E-state index contributed by atoms with van der Waals surface area (Å²) in [5.74, 6) is 1.58. The SMILES string of the molecule is O=C(CCc1ccccc1)Nc1ccc(OCCOc2ccccc2)cc1. The highest BCUT2D eigenvalue weighted by Crippen LogP contribution is 2.16. The molecule has 0 spiro atoms. The van der Waals surface area contributed by atoms with Gasteiger partial charge in [0, 0.05) is 12.1 Å². The van der Waals surface area contributed by atoms with Gasteiger partial charge in [-0.05, 0) is 48.4 Å². The molecule has 27 heavy (non-hydrogen) atoms. The molecule has 0 aliphatic heterocycles. The van der Waals surface area contributed by atoms with E-state index < -0.39 is 0 Å². The molecule has 0 aliphatic rings. The molecule has 0 saturated heterocycles. The van der Waals surface area contributed by atoms with Gasteiger partial charge in [-0.3, -0.25) is 4.79 Å². The van der Waals surface area contributed by atoms with E-state index in [0.29, 0.717) is 19.6 Å². The normalized spacial score (nSPS) is 10.2. The number of hydrogen-bond donors (Lipinski definition) is 1. The Hall–Kier alpha value is -3.27. The molecule has 0 atom stereocenters. The van der Waals surface area contributed by atoms with Crippen molar-refractivity contribution >= 4 is 11.6 Å². The molecular formula is C23H23NO3. The topological polar surface area (TPSA) is 47.6 Å². The van der Waals surface area contributed by atoms with Gasteiger partial charge in [-0.1, -0.05) is 48.5 Å². The maximum absolute atomic E-state index is 12.1. The van der Waals surface area contributed by atoms with E-state index in [1.807, 2.05) is 84.9 Å². The van der Waals surface area contributed by atoms with Crippen molar-refractivity contribution in [3.8, 4) is 11.5 Å². The number of carbonyl (C=O) groups is 1. The minimum atomic E-state index is 0.00350. The van der Waals surface area contributed by atoms with Gasteiger partial charge in [0.1, 0.15) is 24.7 Å². The van der Waals surface area contributed by atoms with Crippen molar-refractivity contribution in [2.24, 2.45) is 0 Å². The quantitative estimate of drug-likeness (QED) is 0.561. The summed E-state index contributed by atoms with van der Waals surface area (Å²) in [4.78, 5) is 12.1. The Kier molecular flexibility index (Phi) is 6.87. The number of rotatable bonds is 9. The highest BCUT2D eigenvalue weighted by Gasteiger charge is 2.04. The molecule has 0 aliphatic carbocycles. The molecule has 1 amide bonds. The molecule has 0 unspecified atom stereocenters. The number of ether oxygens (including phenoxy) is 2. The smallest absolute Gasteiger partial charge is 0.224 e. The van der Waals surface area contributed by atoms with Crippen LogP contribution in [0.3, 0.4) is 0 Å². The van der Waals surface area contributed by atoms with E-state index in [-0.39, 0.29) is 5.91 Å². The van der Waals surface area contributed by atoms with E-state index in [9.17, 15) is 4.79 Å². The largest absolute Gasteiger partial charge is 0.490 e. The van der Waals surface area contributed by atoms with Gasteiger partial charge in [-0.2, -0.15) is 0 Å². The molecule has 0 fully saturated rings. The standard InChI is InChI=1S/C23H23NO3/c25-23(16-11-19-7-3-1-4-8-19)24-20-12-14-22(15-13-20)27-18-17-26-21-9-5-2-6-10-21/h1-10,12-15H,11,16-18H2,(H,24,25). The van der Waals surface area contributed by atoms with Crippen LogP contribution in [0.15, 0.2) is 84.9 Å². The van der Waals surface area contributed by atoms with Gasteiger partial charge in [0.05, 0.1) is 0 Å². The number of carbonyl (C=O) groups excluding carboxylic acids is 1. The zero-order valence-corrected chi connectivity index (χ0v) is 15.1. The Balaban J connectivity index is 1.37. The molecule has 0 aromatic heterocycles. The van der Waals surface area contributed by atoms with Crippen LogP contribution >= 0.6 is 0 Å². The summed E-state index contributed by atoms with van der Waals surface area (Å²) in [6.45, 7) is 0.930. The van der Waals surface area contributed by atoms with Crippen molar-refractivity contribution < 1.29 is 14.3 Å². The van der Waals surface area contributed by atoms with Gasteiger partial charge in [0.2, 0.25) is 5.91 Å². The lowest BCUT2D eigenvalue weighted by atomic mass is 10.1. The van der Waals surface area contributed by atoms with Crippen LogP contribution in [0, 0.1) is 0 Å². The van der Waals surface area contributed by atoms with E-state index >= 15 is 0 Å². The van der Waals surface area contributed by atoms with Crippen molar-refractivity contribution in [2.75, 3.05) is 18.5 Å². The summed E-state index contributed by atoms with van der Waals surface area (Å²) >= 11 is 0. The molecule has 138 valence electrons.